The molecule has 0 saturated heterocycles. The molecule has 106 valence electrons. The van der Waals surface area contributed by atoms with E-state index < -0.39 is 0 Å². The minimum absolute atomic E-state index is 0.160. The summed E-state index contributed by atoms with van der Waals surface area (Å²) in [5.74, 6) is 1.10. The SMILES string of the molecule is CC(=O)OC[C@@]1(C)[C@H]2/C=C(\C)CC/C=C(/C)CC[C@@H]21. The summed E-state index contributed by atoms with van der Waals surface area (Å²) in [4.78, 5) is 11.0. The third-order valence-electron chi connectivity index (χ3n) is 4.86. The van der Waals surface area contributed by atoms with Gasteiger partial charge in [-0.25, -0.2) is 0 Å². The second-order valence-electron chi connectivity index (χ2n) is 6.56. The maximum Gasteiger partial charge on any atom is 0.302 e. The lowest BCUT2D eigenvalue weighted by atomic mass is 10.0. The zero-order chi connectivity index (χ0) is 14.0. The third-order valence-corrected chi connectivity index (χ3v) is 4.86. The Morgan fingerprint density at radius 2 is 2.11 bits per heavy atom. The summed E-state index contributed by atoms with van der Waals surface area (Å²) in [6.07, 6.45) is 9.53. The molecule has 0 aromatic carbocycles. The molecule has 19 heavy (non-hydrogen) atoms. The topological polar surface area (TPSA) is 26.3 Å². The van der Waals surface area contributed by atoms with E-state index in [4.69, 9.17) is 4.74 Å². The van der Waals surface area contributed by atoms with Gasteiger partial charge in [0.15, 0.2) is 0 Å². The second-order valence-corrected chi connectivity index (χ2v) is 6.56. The Balaban J connectivity index is 2.09. The van der Waals surface area contributed by atoms with E-state index in [2.05, 4.69) is 32.9 Å². The number of hydrogen-bond donors (Lipinski definition) is 0. The van der Waals surface area contributed by atoms with Crippen LogP contribution >= 0.6 is 0 Å². The van der Waals surface area contributed by atoms with Crippen LogP contribution in [0.5, 0.6) is 0 Å². The van der Waals surface area contributed by atoms with Crippen LogP contribution in [-0.4, -0.2) is 12.6 Å². The van der Waals surface area contributed by atoms with Gasteiger partial charge in [-0.05, 0) is 51.4 Å². The molecule has 2 aliphatic rings. The van der Waals surface area contributed by atoms with Crippen LogP contribution in [0.1, 0.15) is 53.4 Å². The number of fused-ring (bicyclic) bond motifs is 1. The predicted molar refractivity (Wildman–Crippen MR) is 77.7 cm³/mol. The molecule has 2 aliphatic carbocycles. The normalized spacial score (nSPS) is 40.2. The van der Waals surface area contributed by atoms with Gasteiger partial charge < -0.3 is 4.74 Å². The maximum atomic E-state index is 11.0. The van der Waals surface area contributed by atoms with E-state index in [0.717, 1.165) is 12.8 Å². The van der Waals surface area contributed by atoms with Crippen molar-refractivity contribution in [3.63, 3.8) is 0 Å². The summed E-state index contributed by atoms with van der Waals surface area (Å²) >= 11 is 0. The van der Waals surface area contributed by atoms with Crippen LogP contribution in [-0.2, 0) is 9.53 Å². The van der Waals surface area contributed by atoms with Gasteiger partial charge in [0, 0.05) is 12.3 Å². The first kappa shape index (κ1) is 14.4. The Morgan fingerprint density at radius 1 is 1.37 bits per heavy atom. The van der Waals surface area contributed by atoms with Gasteiger partial charge in [-0.2, -0.15) is 0 Å². The minimum Gasteiger partial charge on any atom is -0.465 e. The molecule has 2 nitrogen and oxygen atoms in total. The van der Waals surface area contributed by atoms with E-state index in [1.165, 1.54) is 30.9 Å². The van der Waals surface area contributed by atoms with Crippen LogP contribution in [0.4, 0.5) is 0 Å². The molecule has 2 heteroatoms. The zero-order valence-corrected chi connectivity index (χ0v) is 12.7. The van der Waals surface area contributed by atoms with Crippen molar-refractivity contribution < 1.29 is 9.53 Å². The molecule has 0 aromatic rings. The van der Waals surface area contributed by atoms with Crippen LogP contribution in [0, 0.1) is 17.3 Å². The number of rotatable bonds is 2. The Hall–Kier alpha value is -1.05. The fourth-order valence-electron chi connectivity index (χ4n) is 3.40. The predicted octanol–water partition coefficient (Wildman–Crippen LogP) is 4.27. The summed E-state index contributed by atoms with van der Waals surface area (Å²) in [7, 11) is 0. The first-order chi connectivity index (χ1) is 8.93. The van der Waals surface area contributed by atoms with Crippen LogP contribution in [0.2, 0.25) is 0 Å². The van der Waals surface area contributed by atoms with E-state index in [9.17, 15) is 4.79 Å². The Labute approximate surface area is 116 Å². The van der Waals surface area contributed by atoms with Crippen molar-refractivity contribution in [3.05, 3.63) is 23.3 Å². The van der Waals surface area contributed by atoms with Crippen molar-refractivity contribution in [3.8, 4) is 0 Å². The summed E-state index contributed by atoms with van der Waals surface area (Å²) in [6.45, 7) is 8.81. The van der Waals surface area contributed by atoms with Gasteiger partial charge >= 0.3 is 5.97 Å². The lowest BCUT2D eigenvalue weighted by Gasteiger charge is -2.11. The van der Waals surface area contributed by atoms with Gasteiger partial charge in [0.25, 0.3) is 0 Å². The maximum absolute atomic E-state index is 11.0. The molecule has 0 N–H and O–H groups in total. The highest BCUT2D eigenvalue weighted by molar-refractivity contribution is 5.66. The van der Waals surface area contributed by atoms with Gasteiger partial charge in [-0.3, -0.25) is 4.79 Å². The smallest absolute Gasteiger partial charge is 0.302 e. The number of carbonyl (C=O) groups excluding carboxylic acids is 1. The molecular weight excluding hydrogens is 236 g/mol. The monoisotopic (exact) mass is 262 g/mol. The van der Waals surface area contributed by atoms with E-state index in [-0.39, 0.29) is 11.4 Å². The number of allylic oxidation sites excluding steroid dienone is 4. The zero-order valence-electron chi connectivity index (χ0n) is 12.7. The molecule has 0 bridgehead atoms. The molecule has 0 aromatic heterocycles. The molecule has 0 aliphatic heterocycles. The number of hydrogen-bond acceptors (Lipinski definition) is 2. The second kappa shape index (κ2) is 5.52. The van der Waals surface area contributed by atoms with Crippen molar-refractivity contribution in [1.82, 2.24) is 0 Å². The fraction of sp³-hybridized carbons (Fsp3) is 0.706. The van der Waals surface area contributed by atoms with Crippen LogP contribution in [0.15, 0.2) is 23.3 Å². The number of carbonyl (C=O) groups is 1. The van der Waals surface area contributed by atoms with Gasteiger partial charge in [0.1, 0.15) is 0 Å². The van der Waals surface area contributed by atoms with Crippen LogP contribution in [0.25, 0.3) is 0 Å². The standard InChI is InChI=1S/C17H26O2/c1-12-6-5-7-13(2)10-16-15(9-8-12)17(16,4)11-19-14(3)18/h6,10,15-16H,5,7-9,11H2,1-4H3/b12-6-,13-10+/t15-,16-,17+/m0/s1. The van der Waals surface area contributed by atoms with Gasteiger partial charge in [0.05, 0.1) is 6.61 Å². The fourth-order valence-corrected chi connectivity index (χ4v) is 3.40. The molecule has 0 amide bonds. The summed E-state index contributed by atoms with van der Waals surface area (Å²) in [6, 6.07) is 0. The molecule has 0 radical (unpaired) electrons. The molecule has 0 spiro atoms. The highest BCUT2D eigenvalue weighted by atomic mass is 16.5. The van der Waals surface area contributed by atoms with E-state index in [1.54, 1.807) is 0 Å². The Morgan fingerprint density at radius 3 is 2.79 bits per heavy atom. The Kier molecular flexibility index (Phi) is 4.17. The van der Waals surface area contributed by atoms with Gasteiger partial charge in [0.2, 0.25) is 0 Å². The molecular formula is C17H26O2. The van der Waals surface area contributed by atoms with Gasteiger partial charge in [-0.1, -0.05) is 30.2 Å². The molecule has 2 rings (SSSR count). The molecule has 0 heterocycles. The average molecular weight is 262 g/mol. The highest BCUT2D eigenvalue weighted by Gasteiger charge is 2.59. The van der Waals surface area contributed by atoms with Crippen molar-refractivity contribution in [2.75, 3.05) is 6.61 Å². The first-order valence-electron chi connectivity index (χ1n) is 7.40. The molecule has 1 fully saturated rings. The largest absolute Gasteiger partial charge is 0.465 e. The van der Waals surface area contributed by atoms with Crippen molar-refractivity contribution >= 4 is 5.97 Å². The Bertz CT molecular complexity index is 419. The van der Waals surface area contributed by atoms with E-state index in [1.807, 2.05) is 0 Å². The third kappa shape index (κ3) is 3.29. The average Bonchev–Trinajstić information content (AvgIpc) is 2.89. The molecule has 0 unspecified atom stereocenters. The van der Waals surface area contributed by atoms with Crippen molar-refractivity contribution in [2.24, 2.45) is 17.3 Å². The number of ether oxygens (including phenoxy) is 1. The summed E-state index contributed by atoms with van der Waals surface area (Å²) in [5.41, 5.74) is 3.15. The highest BCUT2D eigenvalue weighted by Crippen LogP contribution is 2.62. The number of esters is 1. The van der Waals surface area contributed by atoms with E-state index in [0.29, 0.717) is 18.4 Å². The minimum atomic E-state index is -0.160. The quantitative estimate of drug-likeness (QED) is 0.549. The van der Waals surface area contributed by atoms with Crippen molar-refractivity contribution in [2.45, 2.75) is 53.4 Å². The van der Waals surface area contributed by atoms with Crippen LogP contribution in [0.3, 0.4) is 0 Å². The van der Waals surface area contributed by atoms with Crippen LogP contribution < -0.4 is 0 Å². The lowest BCUT2D eigenvalue weighted by Crippen LogP contribution is -2.13. The van der Waals surface area contributed by atoms with Crippen molar-refractivity contribution in [1.29, 1.82) is 0 Å². The van der Waals surface area contributed by atoms with Gasteiger partial charge in [-0.15, -0.1) is 0 Å². The van der Waals surface area contributed by atoms with E-state index >= 15 is 0 Å². The molecule has 3 atom stereocenters. The molecule has 1 saturated carbocycles. The summed E-state index contributed by atoms with van der Waals surface area (Å²) in [5, 5.41) is 0. The lowest BCUT2D eigenvalue weighted by molar-refractivity contribution is -0.142. The summed E-state index contributed by atoms with van der Waals surface area (Å²) < 4.78 is 5.28. The first-order valence-corrected chi connectivity index (χ1v) is 7.40.